The van der Waals surface area contributed by atoms with Crippen molar-refractivity contribution < 1.29 is 23.9 Å². The zero-order valence-corrected chi connectivity index (χ0v) is 42.3. The highest BCUT2D eigenvalue weighted by molar-refractivity contribution is 6.03. The molecular formula is C61H70N6O5. The third-order valence-electron chi connectivity index (χ3n) is 15.0. The van der Waals surface area contributed by atoms with Crippen molar-refractivity contribution in [2.45, 2.75) is 95.4 Å². The lowest BCUT2D eigenvalue weighted by Crippen LogP contribution is -2.54. The highest BCUT2D eigenvalue weighted by atomic mass is 16.6. The number of rotatable bonds is 14. The second-order valence-corrected chi connectivity index (χ2v) is 19.9. The minimum absolute atomic E-state index is 0.0124. The summed E-state index contributed by atoms with van der Waals surface area (Å²) in [6.07, 6.45) is 4.06. The van der Waals surface area contributed by atoms with Gasteiger partial charge in [-0.15, -0.1) is 0 Å². The van der Waals surface area contributed by atoms with Crippen molar-refractivity contribution in [1.29, 1.82) is 0 Å². The van der Waals surface area contributed by atoms with Crippen molar-refractivity contribution in [1.82, 2.24) is 20.4 Å². The van der Waals surface area contributed by atoms with Crippen LogP contribution in [0.4, 0.5) is 11.4 Å². The maximum atomic E-state index is 13.0. The number of esters is 1. The summed E-state index contributed by atoms with van der Waals surface area (Å²) >= 11 is 0. The number of carbonyl (C=O) groups is 3. The molecule has 2 saturated heterocycles. The van der Waals surface area contributed by atoms with Gasteiger partial charge in [0, 0.05) is 77.7 Å². The molecule has 6 aromatic rings. The van der Waals surface area contributed by atoms with Crippen molar-refractivity contribution in [3.8, 4) is 0 Å². The Labute approximate surface area is 426 Å². The number of ether oxygens (including phenoxy) is 2. The maximum Gasteiger partial charge on any atom is 0.303 e. The Morgan fingerprint density at radius 1 is 0.542 bits per heavy atom. The molecule has 0 saturated carbocycles. The molecule has 4 unspecified atom stereocenters. The van der Waals surface area contributed by atoms with Gasteiger partial charge < -0.3 is 39.7 Å². The second-order valence-electron chi connectivity index (χ2n) is 19.9. The van der Waals surface area contributed by atoms with Gasteiger partial charge in [-0.3, -0.25) is 14.4 Å². The van der Waals surface area contributed by atoms with E-state index in [0.717, 1.165) is 112 Å². The van der Waals surface area contributed by atoms with E-state index >= 15 is 0 Å². The Balaban J connectivity index is 0.000000178. The van der Waals surface area contributed by atoms with Crippen molar-refractivity contribution in [3.63, 3.8) is 0 Å². The van der Waals surface area contributed by atoms with Crippen LogP contribution >= 0.6 is 0 Å². The molecule has 11 heteroatoms. The van der Waals surface area contributed by atoms with E-state index in [4.69, 9.17) is 9.47 Å². The number of anilines is 2. The zero-order valence-electron chi connectivity index (χ0n) is 42.3. The average Bonchev–Trinajstić information content (AvgIpc) is 3.42. The van der Waals surface area contributed by atoms with Gasteiger partial charge in [0.2, 0.25) is 0 Å². The number of carbonyl (C=O) groups excluding carboxylic acids is 3. The molecule has 11 nitrogen and oxygen atoms in total. The summed E-state index contributed by atoms with van der Waals surface area (Å²) in [4.78, 5) is 47.6. The van der Waals surface area contributed by atoms with E-state index in [-0.39, 0.29) is 47.8 Å². The van der Waals surface area contributed by atoms with Gasteiger partial charge in [0.15, 0.2) is 0 Å². The van der Waals surface area contributed by atoms with E-state index in [1.54, 1.807) is 0 Å². The predicted octanol–water partition coefficient (Wildman–Crippen LogP) is 10.6. The van der Waals surface area contributed by atoms with Crippen LogP contribution in [-0.4, -0.2) is 85.5 Å². The van der Waals surface area contributed by atoms with E-state index < -0.39 is 5.60 Å². The molecule has 10 rings (SSSR count). The molecule has 2 N–H and O–H groups in total. The van der Waals surface area contributed by atoms with Gasteiger partial charge >= 0.3 is 5.97 Å². The Bertz CT molecular complexity index is 2730. The Morgan fingerprint density at radius 2 is 0.903 bits per heavy atom. The zero-order chi connectivity index (χ0) is 50.1. The lowest BCUT2D eigenvalue weighted by atomic mass is 9.84. The summed E-state index contributed by atoms with van der Waals surface area (Å²) in [5.41, 5.74) is 7.14. The largest absolute Gasteiger partial charge is 0.454 e. The van der Waals surface area contributed by atoms with Crippen molar-refractivity contribution in [2.24, 2.45) is 0 Å². The Morgan fingerprint density at radius 3 is 1.31 bits per heavy atom. The van der Waals surface area contributed by atoms with Crippen LogP contribution in [0.5, 0.6) is 0 Å². The fourth-order valence-electron chi connectivity index (χ4n) is 11.5. The molecular weight excluding hydrogens is 897 g/mol. The van der Waals surface area contributed by atoms with Gasteiger partial charge in [-0.05, 0) is 79.6 Å². The summed E-state index contributed by atoms with van der Waals surface area (Å²) in [5.74, 6) is -0.302. The van der Waals surface area contributed by atoms with Gasteiger partial charge in [0.05, 0.1) is 28.1 Å². The molecule has 0 aromatic heterocycles. The number of hydrogen-bond donors (Lipinski definition) is 2. The summed E-state index contributed by atoms with van der Waals surface area (Å²) in [7, 11) is 0. The van der Waals surface area contributed by atoms with E-state index in [2.05, 4.69) is 124 Å². The van der Waals surface area contributed by atoms with Crippen LogP contribution in [0.2, 0.25) is 0 Å². The first-order chi connectivity index (χ1) is 35.1. The number of likely N-dealkylation sites (tertiary alicyclic amines) is 2. The van der Waals surface area contributed by atoms with Crippen LogP contribution in [0.1, 0.15) is 115 Å². The van der Waals surface area contributed by atoms with Crippen LogP contribution < -0.4 is 20.4 Å². The molecule has 4 atom stereocenters. The maximum absolute atomic E-state index is 13.0. The number of nitrogens with zero attached hydrogens (tertiary/aromatic N) is 4. The fraction of sp³-hybridized carbons (Fsp3) is 0.361. The van der Waals surface area contributed by atoms with E-state index in [1.807, 2.05) is 97.1 Å². The molecule has 0 radical (unpaired) electrons. The van der Waals surface area contributed by atoms with Crippen LogP contribution in [0, 0.1) is 0 Å². The van der Waals surface area contributed by atoms with Crippen molar-refractivity contribution in [3.05, 3.63) is 203 Å². The lowest BCUT2D eigenvalue weighted by molar-refractivity contribution is -0.164. The van der Waals surface area contributed by atoms with E-state index in [9.17, 15) is 14.4 Å². The topological polar surface area (TPSA) is 107 Å². The number of para-hydroxylation sites is 2. The van der Waals surface area contributed by atoms with Gasteiger partial charge in [-0.2, -0.15) is 0 Å². The Kier molecular flexibility index (Phi) is 15.8. The smallest absolute Gasteiger partial charge is 0.303 e. The highest BCUT2D eigenvalue weighted by Crippen LogP contribution is 2.41. The van der Waals surface area contributed by atoms with Gasteiger partial charge in [0.25, 0.3) is 11.8 Å². The van der Waals surface area contributed by atoms with Crippen molar-refractivity contribution in [2.75, 3.05) is 55.7 Å². The van der Waals surface area contributed by atoms with Crippen molar-refractivity contribution >= 4 is 29.2 Å². The van der Waals surface area contributed by atoms with Gasteiger partial charge in [-0.1, -0.05) is 153 Å². The number of nitrogens with one attached hydrogen (secondary N) is 2. The number of benzene rings is 6. The second kappa shape index (κ2) is 22.7. The molecule has 0 aliphatic carbocycles. The molecule has 72 heavy (non-hydrogen) atoms. The molecule has 6 aromatic carbocycles. The number of piperidine rings is 2. The first kappa shape index (κ1) is 50.2. The normalized spacial score (nSPS) is 20.3. The molecule has 4 aliphatic heterocycles. The summed E-state index contributed by atoms with van der Waals surface area (Å²) in [6.45, 7) is 14.3. The Hall–Kier alpha value is -6.79. The van der Waals surface area contributed by atoms with Crippen LogP contribution in [0.25, 0.3) is 0 Å². The molecule has 2 amide bonds. The predicted molar refractivity (Wildman–Crippen MR) is 286 cm³/mol. The third kappa shape index (κ3) is 11.0. The fourth-order valence-corrected chi connectivity index (χ4v) is 11.5. The number of hydrogen-bond acceptors (Lipinski definition) is 9. The first-order valence-corrected chi connectivity index (χ1v) is 25.9. The molecule has 374 valence electrons. The van der Waals surface area contributed by atoms with Crippen LogP contribution in [0.15, 0.2) is 170 Å². The molecule has 0 bridgehead atoms. The molecule has 2 fully saturated rings. The highest BCUT2D eigenvalue weighted by Gasteiger charge is 2.42. The molecule has 4 heterocycles. The number of amides is 2. The summed E-state index contributed by atoms with van der Waals surface area (Å²) in [6, 6.07) is 57.4. The van der Waals surface area contributed by atoms with E-state index in [0.29, 0.717) is 5.56 Å². The number of fused-ring (bicyclic) bond motifs is 2. The average molecular weight is 967 g/mol. The summed E-state index contributed by atoms with van der Waals surface area (Å²) < 4.78 is 12.5. The van der Waals surface area contributed by atoms with Gasteiger partial charge in [0.1, 0.15) is 17.9 Å². The summed E-state index contributed by atoms with van der Waals surface area (Å²) in [5, 5.41) is 6.49. The monoisotopic (exact) mass is 967 g/mol. The minimum atomic E-state index is -0.578. The molecule has 4 aliphatic rings. The van der Waals surface area contributed by atoms with E-state index in [1.165, 1.54) is 12.5 Å². The van der Waals surface area contributed by atoms with Crippen LogP contribution in [-0.2, 0) is 25.5 Å². The third-order valence-corrected chi connectivity index (χ3v) is 15.0. The lowest BCUT2D eigenvalue weighted by Gasteiger charge is -2.46. The first-order valence-electron chi connectivity index (χ1n) is 25.9. The molecule has 0 spiro atoms. The SMILES string of the molecule is CC(=O)OC1(c2ccccc2)CCN(CC(C)N2c3ccccc3C(=O)NC2c2ccccc2)CC1.CCCOC1(c2ccccc2)CCN(CC(C)N2c3ccccc3C(=O)NC2c2ccccc2)CC1. The quantitative estimate of drug-likeness (QED) is 0.103. The standard InChI is InChI=1S/C31H37N3O2.C30H33N3O3/c1-3-22-36-31(26-14-8-5-9-15-26)18-20-33(21-19-31)23-24(2)34-28-17-11-10-16-27(28)30(35)32-29(34)25-12-6-4-7-13-25;1-22(21-32-19-17-30(18-20-32,36-23(2)34)25-13-7-4-8-14-25)33-27-16-10-9-15-26(27)29(35)31-28(33)24-11-5-3-6-12-24/h4-17,24,29H,3,18-23H2,1-2H3,(H,32,35);3-16,22,28H,17-21H2,1-2H3,(H,31,35). The van der Waals surface area contributed by atoms with Gasteiger partial charge in [-0.25, -0.2) is 0 Å². The van der Waals surface area contributed by atoms with Crippen LogP contribution in [0.3, 0.4) is 0 Å². The minimum Gasteiger partial charge on any atom is -0.454 e.